The van der Waals surface area contributed by atoms with E-state index in [2.05, 4.69) is 5.32 Å². The van der Waals surface area contributed by atoms with E-state index in [1.807, 2.05) is 13.8 Å². The zero-order valence-corrected chi connectivity index (χ0v) is 15.6. The molecule has 1 N–H and O–H groups in total. The Hall–Kier alpha value is -3.35. The smallest absolute Gasteiger partial charge is 0.262 e. The highest BCUT2D eigenvalue weighted by Gasteiger charge is 2.42. The molecule has 4 rings (SSSR count). The summed E-state index contributed by atoms with van der Waals surface area (Å²) < 4.78 is 10.6. The van der Waals surface area contributed by atoms with Crippen LogP contribution in [0.2, 0.25) is 0 Å². The van der Waals surface area contributed by atoms with Gasteiger partial charge in [-0.3, -0.25) is 19.3 Å². The van der Waals surface area contributed by atoms with Gasteiger partial charge in [-0.15, -0.1) is 0 Å². The van der Waals surface area contributed by atoms with Crippen LogP contribution in [0, 0.1) is 5.92 Å². The standard InChI is InChI=1S/C21H20N2O5/c1-12(2)9-16(23-20(25)14-5-3-4-6-15(14)21(23)26)19(24)22-13-7-8-17-18(10-13)28-11-27-17/h3-8,10,12,16H,9,11H2,1-2H3,(H,22,24)/t16-/m0/s1. The van der Waals surface area contributed by atoms with Crippen LogP contribution >= 0.6 is 0 Å². The Kier molecular flexibility index (Phi) is 4.50. The van der Waals surface area contributed by atoms with Gasteiger partial charge in [0.05, 0.1) is 11.1 Å². The van der Waals surface area contributed by atoms with Crippen molar-refractivity contribution in [2.75, 3.05) is 12.1 Å². The van der Waals surface area contributed by atoms with Gasteiger partial charge in [-0.2, -0.15) is 0 Å². The number of ether oxygens (including phenoxy) is 2. The second-order valence-corrected chi connectivity index (χ2v) is 7.23. The fourth-order valence-corrected chi connectivity index (χ4v) is 3.47. The molecule has 0 aromatic heterocycles. The zero-order valence-electron chi connectivity index (χ0n) is 15.6. The molecule has 7 heteroatoms. The van der Waals surface area contributed by atoms with E-state index in [-0.39, 0.29) is 12.7 Å². The van der Waals surface area contributed by atoms with Crippen molar-refractivity contribution in [2.24, 2.45) is 5.92 Å². The summed E-state index contributed by atoms with van der Waals surface area (Å²) in [5, 5.41) is 2.80. The summed E-state index contributed by atoms with van der Waals surface area (Å²) in [4.78, 5) is 39.8. The van der Waals surface area contributed by atoms with E-state index < -0.39 is 23.8 Å². The normalized spacial score (nSPS) is 15.8. The maximum atomic E-state index is 13.0. The van der Waals surface area contributed by atoms with Gasteiger partial charge in [0.1, 0.15) is 6.04 Å². The Balaban J connectivity index is 1.61. The van der Waals surface area contributed by atoms with Crippen LogP contribution in [0.1, 0.15) is 41.0 Å². The quantitative estimate of drug-likeness (QED) is 0.806. The van der Waals surface area contributed by atoms with E-state index in [0.29, 0.717) is 34.7 Å². The third kappa shape index (κ3) is 3.09. The van der Waals surface area contributed by atoms with Crippen LogP contribution in [0.4, 0.5) is 5.69 Å². The predicted molar refractivity (Wildman–Crippen MR) is 101 cm³/mol. The topological polar surface area (TPSA) is 84.9 Å². The molecule has 2 aliphatic rings. The summed E-state index contributed by atoms with van der Waals surface area (Å²) in [7, 11) is 0. The average Bonchev–Trinajstić information content (AvgIpc) is 3.23. The third-order valence-electron chi connectivity index (χ3n) is 4.77. The van der Waals surface area contributed by atoms with Gasteiger partial charge in [0.2, 0.25) is 12.7 Å². The van der Waals surface area contributed by atoms with Gasteiger partial charge in [-0.05, 0) is 36.6 Å². The van der Waals surface area contributed by atoms with Gasteiger partial charge in [0, 0.05) is 11.8 Å². The first-order valence-electron chi connectivity index (χ1n) is 9.13. The summed E-state index contributed by atoms with van der Waals surface area (Å²) >= 11 is 0. The van der Waals surface area contributed by atoms with Crippen molar-refractivity contribution in [3.05, 3.63) is 53.6 Å². The van der Waals surface area contributed by atoms with Gasteiger partial charge in [0.25, 0.3) is 11.8 Å². The minimum absolute atomic E-state index is 0.108. The van der Waals surface area contributed by atoms with E-state index in [1.54, 1.807) is 42.5 Å². The van der Waals surface area contributed by atoms with Crippen molar-refractivity contribution in [1.29, 1.82) is 0 Å². The first kappa shape index (κ1) is 18.0. The summed E-state index contributed by atoms with van der Waals surface area (Å²) in [6.07, 6.45) is 0.363. The molecule has 28 heavy (non-hydrogen) atoms. The van der Waals surface area contributed by atoms with Crippen molar-refractivity contribution in [3.8, 4) is 11.5 Å². The molecule has 0 bridgehead atoms. The molecule has 0 saturated heterocycles. The fourth-order valence-electron chi connectivity index (χ4n) is 3.47. The average molecular weight is 380 g/mol. The lowest BCUT2D eigenvalue weighted by molar-refractivity contribution is -0.120. The Labute approximate surface area is 162 Å². The molecule has 7 nitrogen and oxygen atoms in total. The molecular formula is C21H20N2O5. The highest BCUT2D eigenvalue weighted by atomic mass is 16.7. The molecule has 0 spiro atoms. The maximum Gasteiger partial charge on any atom is 0.262 e. The molecule has 0 fully saturated rings. The largest absolute Gasteiger partial charge is 0.454 e. The van der Waals surface area contributed by atoms with Crippen molar-refractivity contribution in [2.45, 2.75) is 26.3 Å². The summed E-state index contributed by atoms with van der Waals surface area (Å²) in [5.41, 5.74) is 1.17. The van der Waals surface area contributed by atoms with Gasteiger partial charge in [0.15, 0.2) is 11.5 Å². The molecule has 2 heterocycles. The van der Waals surface area contributed by atoms with E-state index in [4.69, 9.17) is 9.47 Å². The van der Waals surface area contributed by atoms with Crippen molar-refractivity contribution in [1.82, 2.24) is 4.90 Å². The first-order chi connectivity index (χ1) is 13.5. The molecule has 0 unspecified atom stereocenters. The molecule has 0 saturated carbocycles. The Morgan fingerprint density at radius 1 is 1.04 bits per heavy atom. The molecular weight excluding hydrogens is 360 g/mol. The highest BCUT2D eigenvalue weighted by Crippen LogP contribution is 2.34. The number of fused-ring (bicyclic) bond motifs is 2. The number of benzene rings is 2. The van der Waals surface area contributed by atoms with Crippen LogP contribution in [0.3, 0.4) is 0 Å². The van der Waals surface area contributed by atoms with Crippen molar-refractivity contribution < 1.29 is 23.9 Å². The number of carbonyl (C=O) groups excluding carboxylic acids is 3. The fraction of sp³-hybridized carbons (Fsp3) is 0.286. The zero-order chi connectivity index (χ0) is 19.8. The van der Waals surface area contributed by atoms with E-state index in [9.17, 15) is 14.4 Å². The monoisotopic (exact) mass is 380 g/mol. The number of anilines is 1. The Morgan fingerprint density at radius 2 is 1.68 bits per heavy atom. The molecule has 2 aliphatic heterocycles. The molecule has 1 atom stereocenters. The lowest BCUT2D eigenvalue weighted by atomic mass is 10.0. The summed E-state index contributed by atoms with van der Waals surface area (Å²) in [6.45, 7) is 4.02. The Morgan fingerprint density at radius 3 is 2.32 bits per heavy atom. The van der Waals surface area contributed by atoms with Crippen LogP contribution in [-0.4, -0.2) is 35.5 Å². The van der Waals surface area contributed by atoms with Crippen molar-refractivity contribution in [3.63, 3.8) is 0 Å². The van der Waals surface area contributed by atoms with Crippen LogP contribution in [0.5, 0.6) is 11.5 Å². The van der Waals surface area contributed by atoms with E-state index in [0.717, 1.165) is 4.90 Å². The number of carbonyl (C=O) groups is 3. The van der Waals surface area contributed by atoms with Gasteiger partial charge in [-0.25, -0.2) is 0 Å². The third-order valence-corrected chi connectivity index (χ3v) is 4.77. The molecule has 2 aromatic rings. The number of nitrogens with zero attached hydrogens (tertiary/aromatic N) is 1. The molecule has 0 aliphatic carbocycles. The molecule has 144 valence electrons. The second-order valence-electron chi connectivity index (χ2n) is 7.23. The SMILES string of the molecule is CC(C)C[C@@H](C(=O)Nc1ccc2c(c1)OCO2)N1C(=O)c2ccccc2C1=O. The maximum absolute atomic E-state index is 13.0. The molecule has 3 amide bonds. The number of hydrogen-bond acceptors (Lipinski definition) is 5. The van der Waals surface area contributed by atoms with Crippen LogP contribution < -0.4 is 14.8 Å². The summed E-state index contributed by atoms with van der Waals surface area (Å²) in [5.74, 6) is -0.0333. The predicted octanol–water partition coefficient (Wildman–Crippen LogP) is 3.06. The Bertz CT molecular complexity index is 934. The minimum Gasteiger partial charge on any atom is -0.454 e. The molecule has 0 radical (unpaired) electrons. The number of rotatable bonds is 5. The summed E-state index contributed by atoms with van der Waals surface area (Å²) in [6, 6.07) is 10.8. The van der Waals surface area contributed by atoms with Crippen molar-refractivity contribution >= 4 is 23.4 Å². The second kappa shape index (κ2) is 6.99. The number of hydrogen-bond donors (Lipinski definition) is 1. The number of imide groups is 1. The van der Waals surface area contributed by atoms with E-state index >= 15 is 0 Å². The highest BCUT2D eigenvalue weighted by molar-refractivity contribution is 6.23. The number of nitrogens with one attached hydrogen (secondary N) is 1. The first-order valence-corrected chi connectivity index (χ1v) is 9.13. The van der Waals surface area contributed by atoms with E-state index in [1.165, 1.54) is 0 Å². The van der Waals surface area contributed by atoms with Crippen LogP contribution in [0.15, 0.2) is 42.5 Å². The van der Waals surface area contributed by atoms with Crippen LogP contribution in [-0.2, 0) is 4.79 Å². The minimum atomic E-state index is -0.905. The lowest BCUT2D eigenvalue weighted by Crippen LogP contribution is -2.47. The molecule has 2 aromatic carbocycles. The van der Waals surface area contributed by atoms with Gasteiger partial charge < -0.3 is 14.8 Å². The van der Waals surface area contributed by atoms with Gasteiger partial charge in [-0.1, -0.05) is 26.0 Å². The van der Waals surface area contributed by atoms with Crippen LogP contribution in [0.25, 0.3) is 0 Å². The number of amides is 3. The lowest BCUT2D eigenvalue weighted by Gasteiger charge is -2.26. The van der Waals surface area contributed by atoms with Gasteiger partial charge >= 0.3 is 0 Å².